The first-order chi connectivity index (χ1) is 11.5. The Morgan fingerprint density at radius 3 is 2.38 bits per heavy atom. The molecule has 1 aromatic rings. The second kappa shape index (κ2) is 4.62. The van der Waals surface area contributed by atoms with E-state index in [-0.39, 0.29) is 17.4 Å². The molecule has 0 aromatic heterocycles. The van der Waals surface area contributed by atoms with Crippen molar-refractivity contribution in [1.29, 1.82) is 0 Å². The molecule has 2 N–H and O–H groups in total. The van der Waals surface area contributed by atoms with Crippen LogP contribution in [0.25, 0.3) is 0 Å². The van der Waals surface area contributed by atoms with Crippen LogP contribution in [-0.4, -0.2) is 22.5 Å². The molecule has 126 valence electrons. The van der Waals surface area contributed by atoms with Crippen molar-refractivity contribution in [2.24, 2.45) is 17.3 Å². The number of carbonyl (C=O) groups excluding carboxylic acids is 1. The number of amides is 1. The number of rotatable bonds is 3. The van der Waals surface area contributed by atoms with Gasteiger partial charge in [0.05, 0.1) is 5.41 Å². The highest BCUT2D eigenvalue weighted by atomic mass is 16.4. The van der Waals surface area contributed by atoms with Crippen LogP contribution in [0.4, 0.5) is 0 Å². The highest BCUT2D eigenvalue weighted by molar-refractivity contribution is 5.85. The minimum Gasteiger partial charge on any atom is -0.481 e. The van der Waals surface area contributed by atoms with Crippen molar-refractivity contribution in [2.45, 2.75) is 56.4 Å². The predicted molar refractivity (Wildman–Crippen MR) is 88.5 cm³/mol. The number of aliphatic carboxylic acids is 1. The van der Waals surface area contributed by atoms with Gasteiger partial charge in [-0.2, -0.15) is 0 Å². The molecule has 0 spiro atoms. The van der Waals surface area contributed by atoms with Crippen molar-refractivity contribution >= 4 is 11.9 Å². The van der Waals surface area contributed by atoms with Crippen LogP contribution in [0, 0.1) is 17.3 Å². The summed E-state index contributed by atoms with van der Waals surface area (Å²) in [5.41, 5.74) is 2.14. The Labute approximate surface area is 141 Å². The SMILES string of the molecule is O=C(NC12CCC(C(=O)O)(CC1)CC2)C1C2Cc3ccccc3C21. The lowest BCUT2D eigenvalue weighted by Gasteiger charge is -2.51. The molecule has 0 radical (unpaired) electrons. The Hall–Kier alpha value is -1.84. The number of benzene rings is 1. The van der Waals surface area contributed by atoms with Gasteiger partial charge in [0.2, 0.25) is 5.91 Å². The average molecular weight is 325 g/mol. The number of carboxylic acid groups (broad SMARTS) is 1. The molecule has 4 fully saturated rings. The van der Waals surface area contributed by atoms with Gasteiger partial charge in [-0.25, -0.2) is 0 Å². The van der Waals surface area contributed by atoms with Crippen LogP contribution in [0.5, 0.6) is 0 Å². The first kappa shape index (κ1) is 14.5. The Morgan fingerprint density at radius 1 is 1.04 bits per heavy atom. The molecule has 4 heteroatoms. The van der Waals surface area contributed by atoms with Gasteiger partial charge in [0, 0.05) is 11.5 Å². The number of carboxylic acids is 1. The van der Waals surface area contributed by atoms with Crippen LogP contribution in [0.3, 0.4) is 0 Å². The molecule has 0 aliphatic heterocycles. The summed E-state index contributed by atoms with van der Waals surface area (Å²) in [4.78, 5) is 24.4. The van der Waals surface area contributed by atoms with Crippen LogP contribution in [0.15, 0.2) is 24.3 Å². The molecular formula is C20H23NO3. The highest BCUT2D eigenvalue weighted by Gasteiger charge is 2.61. The molecule has 2 bridgehead atoms. The van der Waals surface area contributed by atoms with E-state index in [0.29, 0.717) is 31.1 Å². The maximum atomic E-state index is 12.9. The average Bonchev–Trinajstić information content (AvgIpc) is 3.19. The summed E-state index contributed by atoms with van der Waals surface area (Å²) in [6, 6.07) is 8.51. The number of hydrogen-bond acceptors (Lipinski definition) is 2. The zero-order valence-electron chi connectivity index (χ0n) is 13.8. The molecule has 1 amide bonds. The van der Waals surface area contributed by atoms with E-state index in [1.54, 1.807) is 0 Å². The van der Waals surface area contributed by atoms with Gasteiger partial charge in [-0.15, -0.1) is 0 Å². The topological polar surface area (TPSA) is 66.4 Å². The Bertz CT molecular complexity index is 716. The monoisotopic (exact) mass is 325 g/mol. The maximum absolute atomic E-state index is 12.9. The standard InChI is InChI=1S/C20H23NO3/c22-17(16-14-11-12-3-1-2-4-13(12)15(14)16)21-20-8-5-19(6-9-20,7-10-20)18(23)24/h1-4,14-16H,5-11H2,(H,21,22)(H,23,24). The van der Waals surface area contributed by atoms with Gasteiger partial charge in [0.25, 0.3) is 0 Å². The molecule has 5 aliphatic rings. The van der Waals surface area contributed by atoms with Gasteiger partial charge in [0.15, 0.2) is 0 Å². The molecular weight excluding hydrogens is 302 g/mol. The third-order valence-electron chi connectivity index (χ3n) is 7.43. The molecule has 4 nitrogen and oxygen atoms in total. The smallest absolute Gasteiger partial charge is 0.309 e. The van der Waals surface area contributed by atoms with Crippen LogP contribution < -0.4 is 5.32 Å². The van der Waals surface area contributed by atoms with E-state index in [1.807, 2.05) is 0 Å². The number of nitrogens with one attached hydrogen (secondary N) is 1. The third kappa shape index (κ3) is 1.86. The van der Waals surface area contributed by atoms with Gasteiger partial charge < -0.3 is 10.4 Å². The van der Waals surface area contributed by atoms with Crippen molar-refractivity contribution in [2.75, 3.05) is 0 Å². The summed E-state index contributed by atoms with van der Waals surface area (Å²) in [5, 5.41) is 12.9. The summed E-state index contributed by atoms with van der Waals surface area (Å²) in [6.07, 6.45) is 5.64. The lowest BCUT2D eigenvalue weighted by molar-refractivity contribution is -0.157. The minimum atomic E-state index is -0.643. The molecule has 4 saturated carbocycles. The number of fused-ring (bicyclic) bond motifs is 6. The third-order valence-corrected chi connectivity index (χ3v) is 7.43. The van der Waals surface area contributed by atoms with Crippen molar-refractivity contribution in [1.82, 2.24) is 5.32 Å². The van der Waals surface area contributed by atoms with E-state index in [2.05, 4.69) is 29.6 Å². The molecule has 3 atom stereocenters. The zero-order chi connectivity index (χ0) is 16.5. The predicted octanol–water partition coefficient (Wildman–Crippen LogP) is 2.87. The first-order valence-corrected chi connectivity index (χ1v) is 9.17. The van der Waals surface area contributed by atoms with Crippen molar-refractivity contribution in [3.63, 3.8) is 0 Å². The zero-order valence-corrected chi connectivity index (χ0v) is 13.8. The van der Waals surface area contributed by atoms with Gasteiger partial charge in [-0.05, 0) is 67.9 Å². The van der Waals surface area contributed by atoms with Crippen molar-refractivity contribution < 1.29 is 14.7 Å². The van der Waals surface area contributed by atoms with E-state index < -0.39 is 11.4 Å². The van der Waals surface area contributed by atoms with E-state index >= 15 is 0 Å². The van der Waals surface area contributed by atoms with E-state index in [0.717, 1.165) is 25.7 Å². The van der Waals surface area contributed by atoms with E-state index in [1.165, 1.54) is 11.1 Å². The molecule has 6 rings (SSSR count). The largest absolute Gasteiger partial charge is 0.481 e. The van der Waals surface area contributed by atoms with Gasteiger partial charge >= 0.3 is 5.97 Å². The Kier molecular flexibility index (Phi) is 2.79. The van der Waals surface area contributed by atoms with Crippen molar-refractivity contribution in [3.05, 3.63) is 35.4 Å². The number of hydrogen-bond donors (Lipinski definition) is 2. The highest BCUT2D eigenvalue weighted by Crippen LogP contribution is 2.62. The van der Waals surface area contributed by atoms with Crippen molar-refractivity contribution in [3.8, 4) is 0 Å². The van der Waals surface area contributed by atoms with Crippen LogP contribution >= 0.6 is 0 Å². The first-order valence-electron chi connectivity index (χ1n) is 9.17. The Morgan fingerprint density at radius 2 is 1.71 bits per heavy atom. The molecule has 24 heavy (non-hydrogen) atoms. The van der Waals surface area contributed by atoms with Gasteiger partial charge in [-0.3, -0.25) is 9.59 Å². The van der Waals surface area contributed by atoms with Crippen LogP contribution in [0.2, 0.25) is 0 Å². The van der Waals surface area contributed by atoms with Crippen LogP contribution in [0.1, 0.15) is 55.6 Å². The second-order valence-corrected chi connectivity index (χ2v) is 8.47. The number of carbonyl (C=O) groups is 2. The fraction of sp³-hybridized carbons (Fsp3) is 0.600. The van der Waals surface area contributed by atoms with Crippen LogP contribution in [-0.2, 0) is 16.0 Å². The molecule has 1 aromatic carbocycles. The normalized spacial score (nSPS) is 41.4. The molecule has 3 unspecified atom stereocenters. The van der Waals surface area contributed by atoms with E-state index in [4.69, 9.17) is 0 Å². The van der Waals surface area contributed by atoms with Gasteiger partial charge in [0.1, 0.15) is 0 Å². The summed E-state index contributed by atoms with van der Waals surface area (Å²) >= 11 is 0. The Balaban J connectivity index is 1.28. The summed E-state index contributed by atoms with van der Waals surface area (Å²) in [7, 11) is 0. The van der Waals surface area contributed by atoms with Gasteiger partial charge in [-0.1, -0.05) is 24.3 Å². The van der Waals surface area contributed by atoms with E-state index in [9.17, 15) is 14.7 Å². The fourth-order valence-corrected chi connectivity index (χ4v) is 5.75. The molecule has 0 saturated heterocycles. The maximum Gasteiger partial charge on any atom is 0.309 e. The summed E-state index contributed by atoms with van der Waals surface area (Å²) < 4.78 is 0. The summed E-state index contributed by atoms with van der Waals surface area (Å²) in [5.74, 6) is 0.619. The quantitative estimate of drug-likeness (QED) is 0.898. The lowest BCUT2D eigenvalue weighted by atomic mass is 9.57. The molecule has 0 heterocycles. The minimum absolute atomic E-state index is 0.134. The fourth-order valence-electron chi connectivity index (χ4n) is 5.75. The lowest BCUT2D eigenvalue weighted by Crippen LogP contribution is -2.58. The second-order valence-electron chi connectivity index (χ2n) is 8.47. The summed E-state index contributed by atoms with van der Waals surface area (Å²) in [6.45, 7) is 0. The molecule has 5 aliphatic carbocycles.